The van der Waals surface area contributed by atoms with Gasteiger partial charge in [0.2, 0.25) is 0 Å². The van der Waals surface area contributed by atoms with Crippen molar-refractivity contribution in [1.82, 2.24) is 0 Å². The number of aryl methyl sites for hydroxylation is 4. The molecule has 3 rings (SSSR count). The van der Waals surface area contributed by atoms with E-state index in [0.29, 0.717) is 0 Å². The predicted octanol–water partition coefficient (Wildman–Crippen LogP) is 4.54. The molecular formula is C28H30N2+2. The van der Waals surface area contributed by atoms with Crippen LogP contribution in [0.1, 0.15) is 48.2 Å². The zero-order valence-corrected chi connectivity index (χ0v) is 18.1. The van der Waals surface area contributed by atoms with E-state index in [2.05, 4.69) is 108 Å². The van der Waals surface area contributed by atoms with E-state index < -0.39 is 0 Å². The van der Waals surface area contributed by atoms with Crippen molar-refractivity contribution in [2.45, 2.75) is 52.6 Å². The summed E-state index contributed by atoms with van der Waals surface area (Å²) in [5.74, 6) is 13.3. The highest BCUT2D eigenvalue weighted by Crippen LogP contribution is 2.06. The normalized spacial score (nSPS) is 9.93. The topological polar surface area (TPSA) is 7.76 Å². The summed E-state index contributed by atoms with van der Waals surface area (Å²) in [6.45, 7) is 6.28. The van der Waals surface area contributed by atoms with Gasteiger partial charge in [-0.1, -0.05) is 47.9 Å². The number of pyridine rings is 2. The molecule has 0 saturated heterocycles. The summed E-state index contributed by atoms with van der Waals surface area (Å²) in [4.78, 5) is 0. The standard InChI is InChI=1S/C28H30N2/c1-25-15-9-13-23-29(25)21-11-3-5-17-27-19-7-8-20-28(27)18-6-4-12-22-30-24-14-10-16-26(30)2/h7-10,13-16,19-20,23-24H,3-4,11-12,21-22H2,1-2H3/q+2. The van der Waals surface area contributed by atoms with Crippen molar-refractivity contribution in [3.05, 3.63) is 95.6 Å². The minimum Gasteiger partial charge on any atom is -0.203 e. The molecule has 0 unspecified atom stereocenters. The fraction of sp³-hybridized carbons (Fsp3) is 0.286. The molecule has 0 radical (unpaired) electrons. The maximum atomic E-state index is 3.33. The molecule has 0 atom stereocenters. The molecule has 30 heavy (non-hydrogen) atoms. The second kappa shape index (κ2) is 11.6. The fourth-order valence-corrected chi connectivity index (χ4v) is 3.32. The van der Waals surface area contributed by atoms with E-state index >= 15 is 0 Å². The van der Waals surface area contributed by atoms with Crippen LogP contribution in [0.4, 0.5) is 0 Å². The van der Waals surface area contributed by atoms with Crippen molar-refractivity contribution in [2.75, 3.05) is 0 Å². The molecule has 2 nitrogen and oxygen atoms in total. The zero-order valence-electron chi connectivity index (χ0n) is 18.1. The van der Waals surface area contributed by atoms with E-state index in [0.717, 1.165) is 49.9 Å². The van der Waals surface area contributed by atoms with Crippen LogP contribution < -0.4 is 9.13 Å². The third-order valence-corrected chi connectivity index (χ3v) is 5.11. The molecule has 2 aromatic heterocycles. The highest BCUT2D eigenvalue weighted by atomic mass is 14.9. The van der Waals surface area contributed by atoms with Gasteiger partial charge < -0.3 is 0 Å². The van der Waals surface area contributed by atoms with Gasteiger partial charge in [-0.15, -0.1) is 0 Å². The first kappa shape index (κ1) is 21.4. The lowest BCUT2D eigenvalue weighted by atomic mass is 10.1. The third-order valence-electron chi connectivity index (χ3n) is 5.11. The van der Waals surface area contributed by atoms with Crippen LogP contribution in [0.25, 0.3) is 0 Å². The zero-order chi connectivity index (χ0) is 21.0. The molecule has 0 spiro atoms. The Morgan fingerprint density at radius 2 is 1.03 bits per heavy atom. The molecule has 150 valence electrons. The van der Waals surface area contributed by atoms with Gasteiger partial charge in [0.15, 0.2) is 23.8 Å². The van der Waals surface area contributed by atoms with Gasteiger partial charge in [-0.2, -0.15) is 0 Å². The van der Waals surface area contributed by atoms with Crippen LogP contribution in [-0.2, 0) is 13.1 Å². The van der Waals surface area contributed by atoms with Gasteiger partial charge >= 0.3 is 0 Å². The van der Waals surface area contributed by atoms with E-state index in [1.165, 1.54) is 11.4 Å². The highest BCUT2D eigenvalue weighted by Gasteiger charge is 2.03. The van der Waals surface area contributed by atoms with Crippen LogP contribution in [0.15, 0.2) is 73.1 Å². The maximum absolute atomic E-state index is 3.33. The summed E-state index contributed by atoms with van der Waals surface area (Å²) in [5.41, 5.74) is 4.63. The number of hydrogen-bond acceptors (Lipinski definition) is 0. The van der Waals surface area contributed by atoms with Gasteiger partial charge in [-0.3, -0.25) is 0 Å². The number of unbranched alkanes of at least 4 members (excludes halogenated alkanes) is 2. The van der Waals surface area contributed by atoms with Gasteiger partial charge in [0, 0.05) is 74.9 Å². The number of hydrogen-bond donors (Lipinski definition) is 0. The Kier molecular flexibility index (Phi) is 8.25. The van der Waals surface area contributed by atoms with Crippen LogP contribution in [-0.4, -0.2) is 0 Å². The molecule has 0 amide bonds. The van der Waals surface area contributed by atoms with Gasteiger partial charge in [-0.05, 0) is 12.1 Å². The Hall–Kier alpha value is -3.36. The molecule has 2 heteroatoms. The van der Waals surface area contributed by atoms with Crippen molar-refractivity contribution in [3.63, 3.8) is 0 Å². The molecular weight excluding hydrogens is 364 g/mol. The van der Waals surface area contributed by atoms with Crippen LogP contribution in [0.5, 0.6) is 0 Å². The van der Waals surface area contributed by atoms with Crippen molar-refractivity contribution in [2.24, 2.45) is 0 Å². The van der Waals surface area contributed by atoms with Crippen molar-refractivity contribution in [3.8, 4) is 23.7 Å². The van der Waals surface area contributed by atoms with Gasteiger partial charge in [0.1, 0.15) is 13.1 Å². The van der Waals surface area contributed by atoms with E-state index in [1.807, 2.05) is 12.1 Å². The highest BCUT2D eigenvalue weighted by molar-refractivity contribution is 5.49. The summed E-state index contributed by atoms with van der Waals surface area (Å²) >= 11 is 0. The summed E-state index contributed by atoms with van der Waals surface area (Å²) in [6, 6.07) is 20.8. The average Bonchev–Trinajstić information content (AvgIpc) is 2.76. The van der Waals surface area contributed by atoms with Crippen LogP contribution in [0.2, 0.25) is 0 Å². The first-order valence-corrected chi connectivity index (χ1v) is 10.7. The van der Waals surface area contributed by atoms with Gasteiger partial charge in [0.25, 0.3) is 0 Å². The Labute approximate surface area is 181 Å². The second-order valence-electron chi connectivity index (χ2n) is 7.43. The smallest absolute Gasteiger partial charge is 0.178 e. The van der Waals surface area contributed by atoms with E-state index in [1.54, 1.807) is 0 Å². The molecule has 0 fully saturated rings. The summed E-state index contributed by atoms with van der Waals surface area (Å²) in [5, 5.41) is 0. The first-order chi connectivity index (χ1) is 14.7. The number of aromatic nitrogens is 2. The van der Waals surface area contributed by atoms with Gasteiger partial charge in [-0.25, -0.2) is 9.13 Å². The SMILES string of the molecule is Cc1cccc[n+]1CCCC#Cc1ccccc1C#CCCC[n+]1ccccc1C. The Morgan fingerprint density at radius 3 is 1.47 bits per heavy atom. The Balaban J connectivity index is 1.50. The number of benzene rings is 1. The lowest BCUT2D eigenvalue weighted by molar-refractivity contribution is -0.703. The van der Waals surface area contributed by atoms with Crippen LogP contribution in [0.3, 0.4) is 0 Å². The van der Waals surface area contributed by atoms with Crippen LogP contribution in [0, 0.1) is 37.5 Å². The number of rotatable bonds is 6. The van der Waals surface area contributed by atoms with Crippen molar-refractivity contribution >= 4 is 0 Å². The van der Waals surface area contributed by atoms with Crippen molar-refractivity contribution < 1.29 is 9.13 Å². The van der Waals surface area contributed by atoms with E-state index in [4.69, 9.17) is 0 Å². The quantitative estimate of drug-likeness (QED) is 0.329. The first-order valence-electron chi connectivity index (χ1n) is 10.7. The minimum atomic E-state index is 0.886. The maximum Gasteiger partial charge on any atom is 0.178 e. The van der Waals surface area contributed by atoms with Gasteiger partial charge in [0.05, 0.1) is 0 Å². The molecule has 0 aliphatic heterocycles. The molecule has 0 bridgehead atoms. The largest absolute Gasteiger partial charge is 0.203 e. The summed E-state index contributed by atoms with van der Waals surface area (Å²) in [7, 11) is 0. The monoisotopic (exact) mass is 394 g/mol. The summed E-state index contributed by atoms with van der Waals surface area (Å²) in [6.07, 6.45) is 8.13. The molecule has 0 aliphatic carbocycles. The third kappa shape index (κ3) is 6.61. The molecule has 0 N–H and O–H groups in total. The van der Waals surface area contributed by atoms with E-state index in [-0.39, 0.29) is 0 Å². The minimum absolute atomic E-state index is 0.886. The molecule has 0 saturated carbocycles. The fourth-order valence-electron chi connectivity index (χ4n) is 3.32. The van der Waals surface area contributed by atoms with Crippen molar-refractivity contribution in [1.29, 1.82) is 0 Å². The average molecular weight is 395 g/mol. The second-order valence-corrected chi connectivity index (χ2v) is 7.43. The lowest BCUT2D eigenvalue weighted by Gasteiger charge is -1.98. The Morgan fingerprint density at radius 1 is 0.600 bits per heavy atom. The molecule has 2 heterocycles. The Bertz CT molecular complexity index is 1000. The molecule has 1 aromatic carbocycles. The summed E-state index contributed by atoms with van der Waals surface area (Å²) < 4.78 is 4.55. The van der Waals surface area contributed by atoms with Crippen LogP contribution >= 0.6 is 0 Å². The molecule has 0 aliphatic rings. The number of nitrogens with zero attached hydrogens (tertiary/aromatic N) is 2. The van der Waals surface area contributed by atoms with E-state index in [9.17, 15) is 0 Å². The molecule has 3 aromatic rings. The lowest BCUT2D eigenvalue weighted by Crippen LogP contribution is -2.36. The predicted molar refractivity (Wildman–Crippen MR) is 121 cm³/mol.